The first-order valence-electron chi connectivity index (χ1n) is 10.8. The maximum absolute atomic E-state index is 12.7. The minimum Gasteiger partial charge on any atom is -0.482 e. The maximum Gasteiger partial charge on any atom is 0.349 e. The monoisotopic (exact) mass is 488 g/mol. The second-order valence-electron chi connectivity index (χ2n) is 7.77. The molecule has 0 aliphatic heterocycles. The van der Waals surface area contributed by atoms with Crippen molar-refractivity contribution in [2.45, 2.75) is 13.0 Å². The number of ether oxygens (including phenoxy) is 2. The average molecular weight is 488 g/mol. The molecular formula is C26H20N2O8. The summed E-state index contributed by atoms with van der Waals surface area (Å²) < 4.78 is 15.8. The number of benzene rings is 3. The van der Waals surface area contributed by atoms with Crippen molar-refractivity contribution in [1.82, 2.24) is 5.32 Å². The van der Waals surface area contributed by atoms with Gasteiger partial charge in [0.25, 0.3) is 11.6 Å². The second-order valence-corrected chi connectivity index (χ2v) is 7.77. The Morgan fingerprint density at radius 2 is 1.69 bits per heavy atom. The van der Waals surface area contributed by atoms with E-state index in [-0.39, 0.29) is 34.4 Å². The number of nitro benzene ring substituents is 1. The molecule has 0 fully saturated rings. The van der Waals surface area contributed by atoms with Crippen LogP contribution in [0, 0.1) is 10.1 Å². The lowest BCUT2D eigenvalue weighted by Crippen LogP contribution is -2.30. The first-order chi connectivity index (χ1) is 17.3. The summed E-state index contributed by atoms with van der Waals surface area (Å²) in [4.78, 5) is 47.4. The third kappa shape index (κ3) is 5.73. The highest BCUT2D eigenvalue weighted by atomic mass is 16.6. The summed E-state index contributed by atoms with van der Waals surface area (Å²) in [6.45, 7) is 1.36. The fraction of sp³-hybridized carbons (Fsp3) is 0.115. The van der Waals surface area contributed by atoms with Crippen LogP contribution in [0.4, 0.5) is 5.69 Å². The molecule has 4 aromatic rings. The Morgan fingerprint density at radius 3 is 2.39 bits per heavy atom. The van der Waals surface area contributed by atoms with E-state index < -0.39 is 29.0 Å². The number of nitrogens with zero attached hydrogens (tertiary/aromatic N) is 1. The lowest BCUT2D eigenvalue weighted by atomic mass is 10.1. The van der Waals surface area contributed by atoms with Gasteiger partial charge >= 0.3 is 11.6 Å². The van der Waals surface area contributed by atoms with E-state index in [9.17, 15) is 24.5 Å². The predicted octanol–water partition coefficient (Wildman–Crippen LogP) is 4.18. The zero-order valence-corrected chi connectivity index (χ0v) is 19.0. The van der Waals surface area contributed by atoms with E-state index in [1.165, 1.54) is 42.5 Å². The fourth-order valence-corrected chi connectivity index (χ4v) is 3.38. The fourth-order valence-electron chi connectivity index (χ4n) is 3.38. The summed E-state index contributed by atoms with van der Waals surface area (Å²) in [6, 6.07) is 20.0. The average Bonchev–Trinajstić information content (AvgIpc) is 2.87. The highest BCUT2D eigenvalue weighted by Gasteiger charge is 2.17. The molecule has 4 rings (SSSR count). The van der Waals surface area contributed by atoms with Crippen molar-refractivity contribution >= 4 is 28.5 Å². The van der Waals surface area contributed by atoms with E-state index >= 15 is 0 Å². The van der Waals surface area contributed by atoms with Gasteiger partial charge in [-0.2, -0.15) is 0 Å². The zero-order chi connectivity index (χ0) is 25.7. The summed E-state index contributed by atoms with van der Waals surface area (Å²) in [5.74, 6) is -0.936. The molecule has 0 aliphatic rings. The van der Waals surface area contributed by atoms with Crippen LogP contribution in [0.5, 0.6) is 11.5 Å². The van der Waals surface area contributed by atoms with Gasteiger partial charge in [0.15, 0.2) is 6.61 Å². The topological polar surface area (TPSA) is 138 Å². The summed E-state index contributed by atoms with van der Waals surface area (Å²) in [6.07, 6.45) is 0. The van der Waals surface area contributed by atoms with Gasteiger partial charge in [-0.1, -0.05) is 30.3 Å². The highest BCUT2D eigenvalue weighted by Crippen LogP contribution is 2.22. The van der Waals surface area contributed by atoms with Gasteiger partial charge in [-0.25, -0.2) is 9.59 Å². The molecule has 0 bridgehead atoms. The highest BCUT2D eigenvalue weighted by molar-refractivity contribution is 5.97. The van der Waals surface area contributed by atoms with Gasteiger partial charge in [-0.3, -0.25) is 14.9 Å². The van der Waals surface area contributed by atoms with Crippen LogP contribution in [-0.4, -0.2) is 23.4 Å². The molecule has 1 amide bonds. The van der Waals surface area contributed by atoms with Crippen molar-refractivity contribution in [1.29, 1.82) is 0 Å². The minimum absolute atomic E-state index is 0.103. The first kappa shape index (κ1) is 24.1. The molecule has 0 saturated carbocycles. The van der Waals surface area contributed by atoms with Crippen LogP contribution in [0.15, 0.2) is 88.1 Å². The van der Waals surface area contributed by atoms with Crippen LogP contribution < -0.4 is 20.4 Å². The summed E-state index contributed by atoms with van der Waals surface area (Å²) in [5.41, 5.74) is -0.0556. The number of carbonyl (C=O) groups excluding carboxylic acids is 2. The number of esters is 1. The van der Waals surface area contributed by atoms with Crippen molar-refractivity contribution in [3.05, 3.63) is 111 Å². The molecule has 0 aliphatic carbocycles. The summed E-state index contributed by atoms with van der Waals surface area (Å²) in [5, 5.41) is 13.9. The Labute approximate surface area is 204 Å². The standard InChI is InChI=1S/C26H20N2O8/c1-16(17-5-3-2-4-6-17)27-25(30)22-13-18-7-10-21(14-23(18)36-26(22)31)35-24(29)15-34-20-11-8-19(9-12-20)28(32)33/h2-14,16H,15H2,1H3,(H,27,30). The summed E-state index contributed by atoms with van der Waals surface area (Å²) in [7, 11) is 0. The molecule has 1 heterocycles. The molecular weight excluding hydrogens is 468 g/mol. The van der Waals surface area contributed by atoms with Crippen LogP contribution >= 0.6 is 0 Å². The van der Waals surface area contributed by atoms with Gasteiger partial charge in [0.05, 0.1) is 11.0 Å². The van der Waals surface area contributed by atoms with Gasteiger partial charge in [-0.15, -0.1) is 0 Å². The molecule has 3 aromatic carbocycles. The van der Waals surface area contributed by atoms with Crippen molar-refractivity contribution in [3.8, 4) is 11.5 Å². The minimum atomic E-state index is -0.828. The Balaban J connectivity index is 1.41. The Bertz CT molecular complexity index is 1480. The Kier molecular flexibility index (Phi) is 7.05. The Hall–Kier alpha value is -4.99. The van der Waals surface area contributed by atoms with Crippen LogP contribution in [0.25, 0.3) is 11.0 Å². The quantitative estimate of drug-likeness (QED) is 0.128. The first-order valence-corrected chi connectivity index (χ1v) is 10.8. The third-order valence-corrected chi connectivity index (χ3v) is 5.24. The normalized spacial score (nSPS) is 11.5. The lowest BCUT2D eigenvalue weighted by molar-refractivity contribution is -0.384. The van der Waals surface area contributed by atoms with Crippen LogP contribution in [0.1, 0.15) is 28.9 Å². The number of nitrogens with one attached hydrogen (secondary N) is 1. The van der Waals surface area contributed by atoms with E-state index in [0.717, 1.165) is 5.56 Å². The van der Waals surface area contributed by atoms with E-state index in [1.807, 2.05) is 37.3 Å². The smallest absolute Gasteiger partial charge is 0.349 e. The van der Waals surface area contributed by atoms with Gasteiger partial charge in [-0.05, 0) is 42.8 Å². The third-order valence-electron chi connectivity index (χ3n) is 5.24. The molecule has 1 N–H and O–H groups in total. The van der Waals surface area contributed by atoms with E-state index in [2.05, 4.69) is 5.32 Å². The van der Waals surface area contributed by atoms with Gasteiger partial charge in [0.1, 0.15) is 22.6 Å². The molecule has 1 aromatic heterocycles. The second kappa shape index (κ2) is 10.5. The van der Waals surface area contributed by atoms with Gasteiger partial charge in [0.2, 0.25) is 0 Å². The molecule has 0 radical (unpaired) electrons. The van der Waals surface area contributed by atoms with Gasteiger partial charge in [0, 0.05) is 23.6 Å². The molecule has 10 heteroatoms. The number of amides is 1. The number of hydrogen-bond donors (Lipinski definition) is 1. The lowest BCUT2D eigenvalue weighted by Gasteiger charge is -2.14. The van der Waals surface area contributed by atoms with Crippen molar-refractivity contribution in [2.75, 3.05) is 6.61 Å². The maximum atomic E-state index is 12.7. The molecule has 10 nitrogen and oxygen atoms in total. The van der Waals surface area contributed by atoms with Crippen molar-refractivity contribution in [2.24, 2.45) is 0 Å². The molecule has 36 heavy (non-hydrogen) atoms. The van der Waals surface area contributed by atoms with Crippen LogP contribution in [0.3, 0.4) is 0 Å². The Morgan fingerprint density at radius 1 is 1.00 bits per heavy atom. The number of fused-ring (bicyclic) bond motifs is 1. The van der Waals surface area contributed by atoms with E-state index in [0.29, 0.717) is 5.39 Å². The number of carbonyl (C=O) groups is 2. The van der Waals surface area contributed by atoms with Crippen LogP contribution in [-0.2, 0) is 4.79 Å². The SMILES string of the molecule is CC(NC(=O)c1cc2ccc(OC(=O)COc3ccc([N+](=O)[O-])cc3)cc2oc1=O)c1ccccc1. The summed E-state index contributed by atoms with van der Waals surface area (Å²) >= 11 is 0. The molecule has 1 atom stereocenters. The van der Waals surface area contributed by atoms with Gasteiger partial charge < -0.3 is 19.2 Å². The van der Waals surface area contributed by atoms with Crippen molar-refractivity contribution < 1.29 is 28.4 Å². The molecule has 182 valence electrons. The van der Waals surface area contributed by atoms with Crippen molar-refractivity contribution in [3.63, 3.8) is 0 Å². The number of nitro groups is 1. The van der Waals surface area contributed by atoms with Crippen LogP contribution in [0.2, 0.25) is 0 Å². The predicted molar refractivity (Wildman–Crippen MR) is 129 cm³/mol. The molecule has 1 unspecified atom stereocenters. The van der Waals surface area contributed by atoms with E-state index in [1.54, 1.807) is 6.07 Å². The number of non-ortho nitro benzene ring substituents is 1. The molecule has 0 spiro atoms. The largest absolute Gasteiger partial charge is 0.482 e. The number of rotatable bonds is 8. The number of hydrogen-bond acceptors (Lipinski definition) is 8. The van der Waals surface area contributed by atoms with E-state index in [4.69, 9.17) is 13.9 Å². The zero-order valence-electron chi connectivity index (χ0n) is 19.0. The molecule has 0 saturated heterocycles.